The smallest absolute Gasteiger partial charge is 0.326 e. The van der Waals surface area contributed by atoms with Crippen LogP contribution in [0.25, 0.3) is 0 Å². The highest BCUT2D eigenvalue weighted by Crippen LogP contribution is 2.18. The van der Waals surface area contributed by atoms with Crippen LogP contribution in [-0.4, -0.2) is 138 Å². The van der Waals surface area contributed by atoms with Crippen molar-refractivity contribution in [1.29, 1.82) is 0 Å². The van der Waals surface area contributed by atoms with Gasteiger partial charge in [0, 0.05) is 69.3 Å². The molecule has 3 amide bonds. The Morgan fingerprint density at radius 1 is 0.717 bits per heavy atom. The molecule has 0 saturated heterocycles. The number of hydrogen-bond acceptors (Lipinski definition) is 14. The zero-order chi connectivity index (χ0) is 45.4. The van der Waals surface area contributed by atoms with Crippen molar-refractivity contribution < 1.29 is 73.5 Å². The number of nitrogens with zero attached hydrogens (tertiary/aromatic N) is 1. The molecule has 0 aliphatic heterocycles. The van der Waals surface area contributed by atoms with Crippen LogP contribution in [0.5, 0.6) is 0 Å². The highest BCUT2D eigenvalue weighted by atomic mass is 16.4. The molecule has 1 aromatic rings. The number of nitrogens with two attached hydrogens (primary N) is 1. The first-order chi connectivity index (χ1) is 28.2. The number of aliphatic carboxylic acids is 4. The number of carboxylic acid groups (broad SMARTS) is 4. The van der Waals surface area contributed by atoms with E-state index in [1.807, 2.05) is 0 Å². The second kappa shape index (κ2) is 28.0. The van der Waals surface area contributed by atoms with Crippen LogP contribution >= 0.6 is 0 Å². The van der Waals surface area contributed by atoms with E-state index in [-0.39, 0.29) is 88.9 Å². The van der Waals surface area contributed by atoms with Crippen LogP contribution in [0.1, 0.15) is 103 Å². The summed E-state index contributed by atoms with van der Waals surface area (Å²) in [6.45, 7) is 2.54. The number of nitrogens with one attached hydrogen (secondary N) is 5. The van der Waals surface area contributed by atoms with Gasteiger partial charge in [-0.25, -0.2) is 14.6 Å². The van der Waals surface area contributed by atoms with Gasteiger partial charge in [0.1, 0.15) is 35.5 Å². The maximum absolute atomic E-state index is 13.1. The lowest BCUT2D eigenvalue weighted by molar-refractivity contribution is -0.145. The van der Waals surface area contributed by atoms with Crippen molar-refractivity contribution in [3.63, 3.8) is 0 Å². The summed E-state index contributed by atoms with van der Waals surface area (Å²) in [4.78, 5) is 128. The van der Waals surface area contributed by atoms with E-state index in [2.05, 4.69) is 31.2 Å². The number of aromatic amines is 1. The van der Waals surface area contributed by atoms with E-state index < -0.39 is 102 Å². The van der Waals surface area contributed by atoms with E-state index in [1.54, 1.807) is 0 Å². The van der Waals surface area contributed by atoms with Crippen molar-refractivity contribution in [2.75, 3.05) is 13.1 Å². The second-order valence-corrected chi connectivity index (χ2v) is 14.5. The Morgan fingerprint density at radius 3 is 1.87 bits per heavy atom. The third-order valence-electron chi connectivity index (χ3n) is 9.65. The van der Waals surface area contributed by atoms with Gasteiger partial charge in [0.05, 0.1) is 30.9 Å². The van der Waals surface area contributed by atoms with Gasteiger partial charge in [0.2, 0.25) is 17.7 Å². The Kier molecular flexibility index (Phi) is 24.4. The Balaban J connectivity index is 2.62. The summed E-state index contributed by atoms with van der Waals surface area (Å²) in [5.41, 5.74) is 6.70. The third-order valence-corrected chi connectivity index (χ3v) is 9.65. The molecule has 22 nitrogen and oxygen atoms in total. The zero-order valence-electron chi connectivity index (χ0n) is 33.9. The molecular formula is C38H59N7O15. The number of aliphatic hydroxyl groups excluding tert-OH is 1. The van der Waals surface area contributed by atoms with Crippen molar-refractivity contribution >= 4 is 58.9 Å². The SMILES string of the molecule is CCC(=O)N[C@@H](CCC(=O)C[C@@H](CCC(=O)N[C@@H](CCC(=O)NCCCC[C@H](CCC(=O)[C@@H](N)Cc1cnc[nH]1)C(=O)CN[C@H](C(=O)O)[C@@H](C)O)C(=O)O)C(=O)O)C(=O)O. The van der Waals surface area contributed by atoms with Crippen LogP contribution in [0.3, 0.4) is 0 Å². The molecule has 0 saturated carbocycles. The zero-order valence-corrected chi connectivity index (χ0v) is 33.9. The molecule has 22 heteroatoms. The number of aliphatic hydroxyl groups is 1. The molecule has 0 spiro atoms. The van der Waals surface area contributed by atoms with E-state index in [0.29, 0.717) is 18.5 Å². The molecule has 60 heavy (non-hydrogen) atoms. The average Bonchev–Trinajstić information content (AvgIpc) is 3.69. The predicted molar refractivity (Wildman–Crippen MR) is 209 cm³/mol. The molecule has 12 N–H and O–H groups in total. The number of carbonyl (C=O) groups is 10. The van der Waals surface area contributed by atoms with Crippen LogP contribution in [0, 0.1) is 11.8 Å². The Hall–Kier alpha value is -5.61. The summed E-state index contributed by atoms with van der Waals surface area (Å²) < 4.78 is 0. The van der Waals surface area contributed by atoms with Gasteiger partial charge >= 0.3 is 23.9 Å². The highest BCUT2D eigenvalue weighted by Gasteiger charge is 2.28. The van der Waals surface area contributed by atoms with Crippen molar-refractivity contribution in [2.45, 2.75) is 134 Å². The van der Waals surface area contributed by atoms with E-state index in [4.69, 9.17) is 5.73 Å². The van der Waals surface area contributed by atoms with Gasteiger partial charge in [-0.3, -0.25) is 43.7 Å². The molecule has 1 aromatic heterocycles. The fourth-order valence-corrected chi connectivity index (χ4v) is 6.02. The third kappa shape index (κ3) is 21.4. The van der Waals surface area contributed by atoms with Crippen LogP contribution in [-0.2, 0) is 54.4 Å². The average molecular weight is 854 g/mol. The van der Waals surface area contributed by atoms with Crippen molar-refractivity contribution in [3.8, 4) is 0 Å². The Morgan fingerprint density at radius 2 is 1.32 bits per heavy atom. The maximum Gasteiger partial charge on any atom is 0.326 e. The largest absolute Gasteiger partial charge is 0.481 e. The van der Waals surface area contributed by atoms with Crippen LogP contribution in [0.15, 0.2) is 12.5 Å². The van der Waals surface area contributed by atoms with Gasteiger partial charge in [-0.2, -0.15) is 0 Å². The quantitative estimate of drug-likeness (QED) is 0.0373. The molecule has 1 heterocycles. The molecule has 0 fully saturated rings. The molecular weight excluding hydrogens is 794 g/mol. The van der Waals surface area contributed by atoms with E-state index in [1.165, 1.54) is 26.4 Å². The van der Waals surface area contributed by atoms with Crippen LogP contribution < -0.4 is 27.0 Å². The second-order valence-electron chi connectivity index (χ2n) is 14.5. The van der Waals surface area contributed by atoms with Gasteiger partial charge in [-0.1, -0.05) is 13.3 Å². The molecule has 0 bridgehead atoms. The predicted octanol–water partition coefficient (Wildman–Crippen LogP) is -0.926. The molecule has 336 valence electrons. The number of carbonyl (C=O) groups excluding carboxylic acids is 6. The molecule has 0 aliphatic carbocycles. The first-order valence-corrected chi connectivity index (χ1v) is 19.7. The number of imidazole rings is 1. The summed E-state index contributed by atoms with van der Waals surface area (Å²) in [5.74, 6) is -10.7. The number of carboxylic acids is 4. The molecule has 0 radical (unpaired) electrons. The van der Waals surface area contributed by atoms with Gasteiger partial charge < -0.3 is 52.2 Å². The fraction of sp³-hybridized carbons (Fsp3) is 0.658. The minimum atomic E-state index is -1.50. The molecule has 1 rings (SSSR count). The minimum Gasteiger partial charge on any atom is -0.481 e. The first kappa shape index (κ1) is 52.4. The molecule has 7 atom stereocenters. The number of rotatable bonds is 34. The number of aromatic nitrogens is 2. The molecule has 0 aliphatic rings. The van der Waals surface area contributed by atoms with Crippen molar-refractivity contribution in [2.24, 2.45) is 17.6 Å². The summed E-state index contributed by atoms with van der Waals surface area (Å²) in [6.07, 6.45) is 0.563. The number of hydrogen-bond donors (Lipinski definition) is 11. The van der Waals surface area contributed by atoms with Gasteiger partial charge in [0.25, 0.3) is 0 Å². The summed E-state index contributed by atoms with van der Waals surface area (Å²) >= 11 is 0. The van der Waals surface area contributed by atoms with E-state index in [0.717, 1.165) is 0 Å². The molecule has 0 unspecified atom stereocenters. The van der Waals surface area contributed by atoms with E-state index in [9.17, 15) is 73.5 Å². The lowest BCUT2D eigenvalue weighted by Crippen LogP contribution is -2.47. The highest BCUT2D eigenvalue weighted by molar-refractivity contribution is 5.88. The lowest BCUT2D eigenvalue weighted by atomic mass is 9.89. The van der Waals surface area contributed by atoms with Gasteiger partial charge in [-0.05, 0) is 45.4 Å². The number of unbranched alkanes of at least 4 members (excludes halogenated alkanes) is 1. The monoisotopic (exact) mass is 853 g/mol. The normalized spacial score (nSPS) is 14.6. The van der Waals surface area contributed by atoms with Crippen LogP contribution in [0.4, 0.5) is 0 Å². The number of ketones is 3. The first-order valence-electron chi connectivity index (χ1n) is 19.7. The van der Waals surface area contributed by atoms with Crippen molar-refractivity contribution in [1.82, 2.24) is 31.2 Å². The molecule has 0 aromatic carbocycles. The van der Waals surface area contributed by atoms with E-state index >= 15 is 0 Å². The minimum absolute atomic E-state index is 0.0237. The Bertz CT molecular complexity index is 1620. The number of H-pyrrole nitrogens is 1. The Labute approximate surface area is 346 Å². The van der Waals surface area contributed by atoms with Gasteiger partial charge in [-0.15, -0.1) is 0 Å². The summed E-state index contributed by atoms with van der Waals surface area (Å²) in [5, 5.41) is 57.1. The van der Waals surface area contributed by atoms with Crippen LogP contribution in [0.2, 0.25) is 0 Å². The standard InChI is InChI=1S/C38H59N7O15/c1-3-31(50)44-27(36(55)56)10-9-25(47)16-23(35(53)54)8-13-33(52)45-28(37(57)58)11-14-32(51)41-15-5-4-6-22(30(49)19-42-34(21(2)46)38(59)60)7-12-29(48)26(39)17-24-18-40-20-43-24/h18,20-23,26-28,34,42,46H,3-17,19,39H2,1-2H3,(H,40,43)(H,41,51)(H,44,50)(H,45,52)(H,53,54)(H,55,56)(H,57,58)(H,59,60)/t21-,22-,23-,26+,27+,28+,34+/m1/s1. The lowest BCUT2D eigenvalue weighted by Gasteiger charge is -2.20. The number of Topliss-reactive ketones (excluding diaryl/α,β-unsaturated/α-hetero) is 3. The summed E-state index contributed by atoms with van der Waals surface area (Å²) in [7, 11) is 0. The maximum atomic E-state index is 13.1. The van der Waals surface area contributed by atoms with Gasteiger partial charge in [0.15, 0.2) is 0 Å². The fourth-order valence-electron chi connectivity index (χ4n) is 6.02. The topological polar surface area (TPSA) is 375 Å². The van der Waals surface area contributed by atoms with Crippen molar-refractivity contribution in [3.05, 3.63) is 18.2 Å². The number of amides is 3. The summed E-state index contributed by atoms with van der Waals surface area (Å²) in [6, 6.07) is -5.07.